The monoisotopic (exact) mass is 286 g/mol. The highest BCUT2D eigenvalue weighted by atomic mass is 19.4. The van der Waals surface area contributed by atoms with Gasteiger partial charge in [0.2, 0.25) is 0 Å². The van der Waals surface area contributed by atoms with Crippen molar-refractivity contribution in [3.8, 4) is 0 Å². The van der Waals surface area contributed by atoms with Gasteiger partial charge in [-0.3, -0.25) is 4.90 Å². The van der Waals surface area contributed by atoms with E-state index >= 15 is 0 Å². The van der Waals surface area contributed by atoms with E-state index in [0.717, 1.165) is 25.5 Å². The van der Waals surface area contributed by atoms with Gasteiger partial charge in [-0.05, 0) is 45.0 Å². The number of nitrogens with one attached hydrogen (secondary N) is 1. The zero-order valence-corrected chi connectivity index (χ0v) is 11.9. The van der Waals surface area contributed by atoms with Crippen LogP contribution in [0.3, 0.4) is 0 Å². The summed E-state index contributed by atoms with van der Waals surface area (Å²) >= 11 is 0. The molecular formula is C15H21F3N2. The lowest BCUT2D eigenvalue weighted by Crippen LogP contribution is -2.45. The van der Waals surface area contributed by atoms with Gasteiger partial charge in [-0.1, -0.05) is 18.2 Å². The molecule has 5 heteroatoms. The van der Waals surface area contributed by atoms with Crippen molar-refractivity contribution in [1.29, 1.82) is 0 Å². The van der Waals surface area contributed by atoms with Crippen molar-refractivity contribution >= 4 is 0 Å². The first kappa shape index (κ1) is 15.3. The molecule has 0 spiro atoms. The van der Waals surface area contributed by atoms with Gasteiger partial charge in [0.15, 0.2) is 0 Å². The van der Waals surface area contributed by atoms with Crippen molar-refractivity contribution < 1.29 is 13.2 Å². The summed E-state index contributed by atoms with van der Waals surface area (Å²) in [5.74, 6) is 0. The highest BCUT2D eigenvalue weighted by Crippen LogP contribution is 2.30. The highest BCUT2D eigenvalue weighted by Gasteiger charge is 2.30. The van der Waals surface area contributed by atoms with Crippen LogP contribution in [0.25, 0.3) is 0 Å². The SMILES string of the molecule is C[C@H]1C[C@@H](N(C)Cc2cccc(C(F)(F)F)c2)CCN1. The van der Waals surface area contributed by atoms with Crippen LogP contribution >= 0.6 is 0 Å². The Balaban J connectivity index is 2.02. The topological polar surface area (TPSA) is 15.3 Å². The number of hydrogen-bond acceptors (Lipinski definition) is 2. The van der Waals surface area contributed by atoms with Gasteiger partial charge in [-0.2, -0.15) is 13.2 Å². The van der Waals surface area contributed by atoms with Gasteiger partial charge in [0.05, 0.1) is 5.56 Å². The van der Waals surface area contributed by atoms with Gasteiger partial charge in [0, 0.05) is 18.6 Å². The predicted molar refractivity (Wildman–Crippen MR) is 73.4 cm³/mol. The lowest BCUT2D eigenvalue weighted by Gasteiger charge is -2.35. The summed E-state index contributed by atoms with van der Waals surface area (Å²) in [5.41, 5.74) is 0.149. The van der Waals surface area contributed by atoms with E-state index in [1.165, 1.54) is 12.1 Å². The van der Waals surface area contributed by atoms with E-state index in [9.17, 15) is 13.2 Å². The van der Waals surface area contributed by atoms with Crippen LogP contribution in [0, 0.1) is 0 Å². The molecule has 2 atom stereocenters. The lowest BCUT2D eigenvalue weighted by molar-refractivity contribution is -0.137. The summed E-state index contributed by atoms with van der Waals surface area (Å²) in [6.07, 6.45) is -2.19. The molecule has 0 amide bonds. The molecule has 1 N–H and O–H groups in total. The minimum Gasteiger partial charge on any atom is -0.314 e. The van der Waals surface area contributed by atoms with Crippen LogP contribution in [0.2, 0.25) is 0 Å². The number of nitrogens with zero attached hydrogens (tertiary/aromatic N) is 1. The third kappa shape index (κ3) is 3.96. The molecule has 112 valence electrons. The molecule has 0 aliphatic carbocycles. The normalized spacial score (nSPS) is 24.1. The zero-order chi connectivity index (χ0) is 14.8. The molecule has 2 nitrogen and oxygen atoms in total. The van der Waals surface area contributed by atoms with Gasteiger partial charge >= 0.3 is 6.18 Å². The molecule has 1 heterocycles. The van der Waals surface area contributed by atoms with Crippen molar-refractivity contribution in [2.75, 3.05) is 13.6 Å². The quantitative estimate of drug-likeness (QED) is 0.917. The summed E-state index contributed by atoms with van der Waals surface area (Å²) in [5, 5.41) is 3.38. The Labute approximate surface area is 118 Å². The number of alkyl halides is 3. The lowest BCUT2D eigenvalue weighted by atomic mass is 9.99. The van der Waals surface area contributed by atoms with E-state index in [4.69, 9.17) is 0 Å². The number of halogens is 3. The molecule has 1 aliphatic heterocycles. The number of piperidine rings is 1. The Morgan fingerprint density at radius 1 is 1.35 bits per heavy atom. The van der Waals surface area contributed by atoms with Crippen LogP contribution in [0.1, 0.15) is 30.9 Å². The van der Waals surface area contributed by atoms with Crippen molar-refractivity contribution in [2.45, 2.75) is 44.6 Å². The fourth-order valence-electron chi connectivity index (χ4n) is 2.77. The van der Waals surface area contributed by atoms with Crippen LogP contribution in [-0.4, -0.2) is 30.6 Å². The van der Waals surface area contributed by atoms with Crippen LogP contribution in [0.5, 0.6) is 0 Å². The molecule has 1 aromatic rings. The first-order chi connectivity index (χ1) is 9.36. The van der Waals surface area contributed by atoms with E-state index in [2.05, 4.69) is 17.1 Å². The van der Waals surface area contributed by atoms with Gasteiger partial charge in [0.25, 0.3) is 0 Å². The molecule has 1 saturated heterocycles. The minimum atomic E-state index is -4.27. The standard InChI is InChI=1S/C15H21F3N2/c1-11-8-14(6-7-19-11)20(2)10-12-4-3-5-13(9-12)15(16,17)18/h3-5,9,11,14,19H,6-8,10H2,1-2H3/t11-,14-/m0/s1. The Morgan fingerprint density at radius 3 is 2.75 bits per heavy atom. The second-order valence-corrected chi connectivity index (χ2v) is 5.65. The number of benzene rings is 1. The number of rotatable bonds is 3. The third-order valence-corrected chi connectivity index (χ3v) is 3.91. The minimum absolute atomic E-state index is 0.431. The molecule has 1 fully saturated rings. The second-order valence-electron chi connectivity index (χ2n) is 5.65. The molecule has 20 heavy (non-hydrogen) atoms. The summed E-state index contributed by atoms with van der Waals surface area (Å²) in [7, 11) is 1.99. The van der Waals surface area contributed by atoms with Crippen molar-refractivity contribution in [3.63, 3.8) is 0 Å². The molecule has 0 saturated carbocycles. The molecule has 0 aromatic heterocycles. The maximum Gasteiger partial charge on any atom is 0.416 e. The van der Waals surface area contributed by atoms with Gasteiger partial charge in [0.1, 0.15) is 0 Å². The van der Waals surface area contributed by atoms with E-state index in [-0.39, 0.29) is 0 Å². The molecule has 1 aromatic carbocycles. The Kier molecular flexibility index (Phi) is 4.70. The van der Waals surface area contributed by atoms with Crippen molar-refractivity contribution in [1.82, 2.24) is 10.2 Å². The van der Waals surface area contributed by atoms with Crippen molar-refractivity contribution in [3.05, 3.63) is 35.4 Å². The predicted octanol–water partition coefficient (Wildman–Crippen LogP) is 3.28. The largest absolute Gasteiger partial charge is 0.416 e. The molecule has 0 bridgehead atoms. The molecular weight excluding hydrogens is 265 g/mol. The van der Waals surface area contributed by atoms with E-state index < -0.39 is 11.7 Å². The molecule has 1 aliphatic rings. The fourth-order valence-corrected chi connectivity index (χ4v) is 2.77. The Morgan fingerprint density at radius 2 is 2.10 bits per heavy atom. The smallest absolute Gasteiger partial charge is 0.314 e. The van der Waals surface area contributed by atoms with E-state index in [0.29, 0.717) is 24.2 Å². The average Bonchev–Trinajstić information content (AvgIpc) is 2.38. The maximum atomic E-state index is 12.7. The summed E-state index contributed by atoms with van der Waals surface area (Å²) in [6, 6.07) is 6.52. The highest BCUT2D eigenvalue weighted by molar-refractivity contribution is 5.25. The summed E-state index contributed by atoms with van der Waals surface area (Å²) in [6.45, 7) is 3.67. The Hall–Kier alpha value is -1.07. The Bertz CT molecular complexity index is 445. The summed E-state index contributed by atoms with van der Waals surface area (Å²) < 4.78 is 38.1. The third-order valence-electron chi connectivity index (χ3n) is 3.91. The zero-order valence-electron chi connectivity index (χ0n) is 11.9. The first-order valence-corrected chi connectivity index (χ1v) is 6.96. The van der Waals surface area contributed by atoms with Crippen LogP contribution in [-0.2, 0) is 12.7 Å². The van der Waals surface area contributed by atoms with Gasteiger partial charge in [-0.25, -0.2) is 0 Å². The second kappa shape index (κ2) is 6.14. The summed E-state index contributed by atoms with van der Waals surface area (Å²) in [4.78, 5) is 2.16. The van der Waals surface area contributed by atoms with E-state index in [1.807, 2.05) is 7.05 Å². The van der Waals surface area contributed by atoms with Gasteiger partial charge < -0.3 is 5.32 Å². The van der Waals surface area contributed by atoms with Crippen LogP contribution < -0.4 is 5.32 Å². The number of hydrogen-bond donors (Lipinski definition) is 1. The average molecular weight is 286 g/mol. The van der Waals surface area contributed by atoms with E-state index in [1.54, 1.807) is 6.07 Å². The van der Waals surface area contributed by atoms with Crippen LogP contribution in [0.15, 0.2) is 24.3 Å². The fraction of sp³-hybridized carbons (Fsp3) is 0.600. The first-order valence-electron chi connectivity index (χ1n) is 6.96. The van der Waals surface area contributed by atoms with Gasteiger partial charge in [-0.15, -0.1) is 0 Å². The van der Waals surface area contributed by atoms with Crippen LogP contribution in [0.4, 0.5) is 13.2 Å². The molecule has 0 radical (unpaired) electrons. The van der Waals surface area contributed by atoms with Crippen molar-refractivity contribution in [2.24, 2.45) is 0 Å². The maximum absolute atomic E-state index is 12.7. The molecule has 2 rings (SSSR count). The molecule has 0 unspecified atom stereocenters.